The van der Waals surface area contributed by atoms with E-state index in [-0.39, 0.29) is 11.9 Å². The van der Waals surface area contributed by atoms with E-state index in [1.54, 1.807) is 11.3 Å². The Labute approximate surface area is 130 Å². The molecule has 0 aliphatic heterocycles. The second kappa shape index (κ2) is 7.96. The minimum absolute atomic E-state index is 0.0637. The lowest BCUT2D eigenvalue weighted by Crippen LogP contribution is -2.42. The van der Waals surface area contributed by atoms with Crippen molar-refractivity contribution in [3.63, 3.8) is 0 Å². The summed E-state index contributed by atoms with van der Waals surface area (Å²) in [6.45, 7) is 2.07. The Morgan fingerprint density at radius 2 is 2.00 bits per heavy atom. The second-order valence-corrected chi connectivity index (χ2v) is 6.09. The van der Waals surface area contributed by atoms with Crippen molar-refractivity contribution >= 4 is 17.2 Å². The monoisotopic (exact) mass is 302 g/mol. The lowest BCUT2D eigenvalue weighted by Gasteiger charge is -2.19. The molecule has 0 bridgehead atoms. The number of carbonyl (C=O) groups excluding carboxylic acids is 1. The highest BCUT2D eigenvalue weighted by molar-refractivity contribution is 7.10. The average molecular weight is 302 g/mol. The number of nitrogens with one attached hydrogen (secondary N) is 1. The van der Waals surface area contributed by atoms with Gasteiger partial charge >= 0.3 is 0 Å². The molecule has 0 aliphatic carbocycles. The first-order valence-corrected chi connectivity index (χ1v) is 8.22. The highest BCUT2D eigenvalue weighted by Gasteiger charge is 2.18. The van der Waals surface area contributed by atoms with Crippen LogP contribution in [0.3, 0.4) is 0 Å². The molecule has 0 saturated heterocycles. The van der Waals surface area contributed by atoms with Gasteiger partial charge in [-0.05, 0) is 36.3 Å². The molecule has 0 saturated carbocycles. The molecule has 112 valence electrons. The number of hydrogen-bond acceptors (Lipinski definition) is 3. The summed E-state index contributed by atoms with van der Waals surface area (Å²) in [6, 6.07) is 13.8. The standard InChI is InChI=1S/C17H22N2OS/c1-2-15(16-9-6-12-21-16)19-17(20)14(18)11-10-13-7-4-3-5-8-13/h3-9,12,14-15H,2,10-11,18H2,1H3,(H,19,20). The molecule has 1 amide bonds. The molecule has 3 N–H and O–H groups in total. The first-order chi connectivity index (χ1) is 10.2. The molecule has 2 aromatic rings. The van der Waals surface area contributed by atoms with Crippen molar-refractivity contribution in [3.05, 3.63) is 58.3 Å². The van der Waals surface area contributed by atoms with Gasteiger partial charge < -0.3 is 11.1 Å². The Kier molecular flexibility index (Phi) is 5.96. The summed E-state index contributed by atoms with van der Waals surface area (Å²) in [7, 11) is 0. The molecule has 2 unspecified atom stereocenters. The predicted octanol–water partition coefficient (Wildman–Crippen LogP) is 3.28. The predicted molar refractivity (Wildman–Crippen MR) is 88.2 cm³/mol. The zero-order valence-corrected chi connectivity index (χ0v) is 13.1. The molecule has 0 radical (unpaired) electrons. The number of thiophene rings is 1. The summed E-state index contributed by atoms with van der Waals surface area (Å²) < 4.78 is 0. The van der Waals surface area contributed by atoms with Crippen LogP contribution < -0.4 is 11.1 Å². The van der Waals surface area contributed by atoms with Gasteiger partial charge in [-0.25, -0.2) is 0 Å². The van der Waals surface area contributed by atoms with E-state index in [0.717, 1.165) is 12.8 Å². The van der Waals surface area contributed by atoms with Gasteiger partial charge in [-0.1, -0.05) is 43.3 Å². The van der Waals surface area contributed by atoms with Crippen LogP contribution in [0.2, 0.25) is 0 Å². The van der Waals surface area contributed by atoms with Crippen molar-refractivity contribution in [1.82, 2.24) is 5.32 Å². The average Bonchev–Trinajstić information content (AvgIpc) is 3.05. The number of benzene rings is 1. The molecule has 1 aromatic carbocycles. The van der Waals surface area contributed by atoms with Gasteiger partial charge in [0.2, 0.25) is 5.91 Å². The van der Waals surface area contributed by atoms with E-state index < -0.39 is 6.04 Å². The molecule has 1 aromatic heterocycles. The van der Waals surface area contributed by atoms with Crippen LogP contribution in [-0.4, -0.2) is 11.9 Å². The minimum atomic E-state index is -0.459. The van der Waals surface area contributed by atoms with Gasteiger partial charge in [-0.2, -0.15) is 0 Å². The molecule has 1 heterocycles. The summed E-state index contributed by atoms with van der Waals surface area (Å²) in [5.74, 6) is -0.0637. The Morgan fingerprint density at radius 3 is 2.62 bits per heavy atom. The molecule has 0 fully saturated rings. The van der Waals surface area contributed by atoms with Crippen LogP contribution in [0.15, 0.2) is 47.8 Å². The third-order valence-corrected chi connectivity index (χ3v) is 4.52. The van der Waals surface area contributed by atoms with Crippen molar-refractivity contribution in [1.29, 1.82) is 0 Å². The number of carbonyl (C=O) groups is 1. The second-order valence-electron chi connectivity index (χ2n) is 5.12. The molecule has 0 spiro atoms. The maximum absolute atomic E-state index is 12.2. The van der Waals surface area contributed by atoms with Gasteiger partial charge in [0.25, 0.3) is 0 Å². The zero-order chi connectivity index (χ0) is 15.1. The molecular formula is C17H22N2OS. The van der Waals surface area contributed by atoms with Gasteiger partial charge in [0, 0.05) is 4.88 Å². The first-order valence-electron chi connectivity index (χ1n) is 7.34. The fourth-order valence-corrected chi connectivity index (χ4v) is 3.10. The van der Waals surface area contributed by atoms with Gasteiger partial charge in [-0.15, -0.1) is 11.3 Å². The van der Waals surface area contributed by atoms with Crippen molar-refractivity contribution in [2.45, 2.75) is 38.3 Å². The lowest BCUT2D eigenvalue weighted by atomic mass is 10.0. The molecular weight excluding hydrogens is 280 g/mol. The van der Waals surface area contributed by atoms with Crippen LogP contribution in [0.5, 0.6) is 0 Å². The number of rotatable bonds is 7. The van der Waals surface area contributed by atoms with Gasteiger partial charge in [0.15, 0.2) is 0 Å². The number of aryl methyl sites for hydroxylation is 1. The Balaban J connectivity index is 1.84. The molecule has 4 heteroatoms. The van der Waals surface area contributed by atoms with E-state index in [1.165, 1.54) is 10.4 Å². The van der Waals surface area contributed by atoms with Crippen LogP contribution in [0.25, 0.3) is 0 Å². The van der Waals surface area contributed by atoms with Crippen LogP contribution in [0, 0.1) is 0 Å². The Hall–Kier alpha value is -1.65. The van der Waals surface area contributed by atoms with Crippen LogP contribution >= 0.6 is 11.3 Å². The summed E-state index contributed by atoms with van der Waals surface area (Å²) >= 11 is 1.66. The van der Waals surface area contributed by atoms with Gasteiger partial charge in [0.1, 0.15) is 0 Å². The molecule has 0 aliphatic rings. The lowest BCUT2D eigenvalue weighted by molar-refractivity contribution is -0.123. The number of nitrogens with two attached hydrogens (primary N) is 1. The van der Waals surface area contributed by atoms with Crippen molar-refractivity contribution in [2.24, 2.45) is 5.73 Å². The molecule has 3 nitrogen and oxygen atoms in total. The van der Waals surface area contributed by atoms with Crippen LogP contribution in [-0.2, 0) is 11.2 Å². The van der Waals surface area contributed by atoms with Crippen LogP contribution in [0.4, 0.5) is 0 Å². The SMILES string of the molecule is CCC(NC(=O)C(N)CCc1ccccc1)c1cccs1. The maximum atomic E-state index is 12.2. The summed E-state index contributed by atoms with van der Waals surface area (Å²) in [5, 5.41) is 5.08. The van der Waals surface area contributed by atoms with Crippen LogP contribution in [0.1, 0.15) is 36.2 Å². The normalized spacial score (nSPS) is 13.6. The highest BCUT2D eigenvalue weighted by atomic mass is 32.1. The maximum Gasteiger partial charge on any atom is 0.237 e. The Bertz CT molecular complexity index is 539. The Morgan fingerprint density at radius 1 is 1.24 bits per heavy atom. The van der Waals surface area contributed by atoms with E-state index in [9.17, 15) is 4.79 Å². The van der Waals surface area contributed by atoms with E-state index in [0.29, 0.717) is 6.42 Å². The smallest absolute Gasteiger partial charge is 0.237 e. The van der Waals surface area contributed by atoms with Crippen molar-refractivity contribution in [3.8, 4) is 0 Å². The topological polar surface area (TPSA) is 55.1 Å². The largest absolute Gasteiger partial charge is 0.347 e. The van der Waals surface area contributed by atoms with E-state index in [2.05, 4.69) is 30.4 Å². The quantitative estimate of drug-likeness (QED) is 0.824. The number of hydrogen-bond donors (Lipinski definition) is 2. The zero-order valence-electron chi connectivity index (χ0n) is 12.3. The number of amides is 1. The summed E-state index contributed by atoms with van der Waals surface area (Å²) in [6.07, 6.45) is 2.36. The van der Waals surface area contributed by atoms with Crippen molar-refractivity contribution in [2.75, 3.05) is 0 Å². The van der Waals surface area contributed by atoms with E-state index in [4.69, 9.17) is 5.73 Å². The van der Waals surface area contributed by atoms with E-state index >= 15 is 0 Å². The van der Waals surface area contributed by atoms with Gasteiger partial charge in [-0.3, -0.25) is 4.79 Å². The van der Waals surface area contributed by atoms with Gasteiger partial charge in [0.05, 0.1) is 12.1 Å². The third-order valence-electron chi connectivity index (χ3n) is 3.53. The fraction of sp³-hybridized carbons (Fsp3) is 0.353. The third kappa shape index (κ3) is 4.69. The van der Waals surface area contributed by atoms with Crippen molar-refractivity contribution < 1.29 is 4.79 Å². The molecule has 2 rings (SSSR count). The molecule has 21 heavy (non-hydrogen) atoms. The van der Waals surface area contributed by atoms with E-state index in [1.807, 2.05) is 29.6 Å². The summed E-state index contributed by atoms with van der Waals surface area (Å²) in [5.41, 5.74) is 7.23. The first kappa shape index (κ1) is 15.7. The minimum Gasteiger partial charge on any atom is -0.347 e. The highest BCUT2D eigenvalue weighted by Crippen LogP contribution is 2.21. The fourth-order valence-electron chi connectivity index (χ4n) is 2.24. The summed E-state index contributed by atoms with van der Waals surface area (Å²) in [4.78, 5) is 13.4. The molecule has 2 atom stereocenters.